The second-order valence-corrected chi connectivity index (χ2v) is 5.98. The first-order valence-electron chi connectivity index (χ1n) is 7.79. The Hall–Kier alpha value is -0.930. The van der Waals surface area contributed by atoms with Gasteiger partial charge in [0.1, 0.15) is 5.82 Å². The van der Waals surface area contributed by atoms with Gasteiger partial charge in [-0.05, 0) is 69.4 Å². The van der Waals surface area contributed by atoms with Crippen LogP contribution in [0.5, 0.6) is 0 Å². The van der Waals surface area contributed by atoms with Crippen LogP contribution >= 0.6 is 0 Å². The second kappa shape index (κ2) is 7.19. The molecule has 1 aromatic carbocycles. The lowest BCUT2D eigenvalue weighted by atomic mass is 10.0. The summed E-state index contributed by atoms with van der Waals surface area (Å²) in [5, 5.41) is 3.32. The molecule has 0 radical (unpaired) electrons. The summed E-state index contributed by atoms with van der Waals surface area (Å²) >= 11 is 0. The Kier molecular flexibility index (Phi) is 5.55. The zero-order chi connectivity index (χ0) is 14.5. The Morgan fingerprint density at radius 1 is 1.40 bits per heavy atom. The number of benzene rings is 1. The van der Waals surface area contributed by atoms with E-state index in [-0.39, 0.29) is 11.9 Å². The van der Waals surface area contributed by atoms with Crippen molar-refractivity contribution in [2.45, 2.75) is 39.2 Å². The second-order valence-electron chi connectivity index (χ2n) is 5.98. The zero-order valence-electron chi connectivity index (χ0n) is 13.0. The van der Waals surface area contributed by atoms with Gasteiger partial charge in [-0.3, -0.25) is 0 Å². The number of aryl methyl sites for hydroxylation is 1. The summed E-state index contributed by atoms with van der Waals surface area (Å²) in [6.45, 7) is 7.45. The average molecular weight is 278 g/mol. The van der Waals surface area contributed by atoms with E-state index in [1.54, 1.807) is 6.07 Å². The molecule has 0 amide bonds. The largest absolute Gasteiger partial charge is 0.313 e. The number of rotatable bonds is 8. The van der Waals surface area contributed by atoms with Crippen molar-refractivity contribution in [2.24, 2.45) is 5.92 Å². The van der Waals surface area contributed by atoms with E-state index in [1.807, 2.05) is 26.1 Å². The minimum Gasteiger partial charge on any atom is -0.313 e. The minimum absolute atomic E-state index is 0.104. The van der Waals surface area contributed by atoms with Gasteiger partial charge in [-0.15, -0.1) is 0 Å². The highest BCUT2D eigenvalue weighted by molar-refractivity contribution is 5.25. The molecule has 3 heteroatoms. The van der Waals surface area contributed by atoms with Gasteiger partial charge in [0.15, 0.2) is 0 Å². The predicted molar refractivity (Wildman–Crippen MR) is 82.4 cm³/mol. The van der Waals surface area contributed by atoms with Crippen LogP contribution in [-0.2, 0) is 0 Å². The smallest absolute Gasteiger partial charge is 0.126 e. The molecule has 0 heterocycles. The van der Waals surface area contributed by atoms with E-state index >= 15 is 0 Å². The molecule has 1 atom stereocenters. The fourth-order valence-electron chi connectivity index (χ4n) is 2.66. The third-order valence-corrected chi connectivity index (χ3v) is 4.34. The number of halogens is 1. The standard InChI is InChI=1S/C17H27FN2/c1-4-20(12-14-6-7-14)10-9-17(19-3)15-8-5-13(2)16(18)11-15/h5,8,11,14,17,19H,4,6-7,9-10,12H2,1-3H3. The molecular formula is C17H27FN2. The molecule has 1 N–H and O–H groups in total. The van der Waals surface area contributed by atoms with E-state index in [1.165, 1.54) is 19.4 Å². The maximum absolute atomic E-state index is 13.7. The molecule has 2 rings (SSSR count). The van der Waals surface area contributed by atoms with Crippen LogP contribution in [0.1, 0.15) is 43.4 Å². The van der Waals surface area contributed by atoms with Crippen LogP contribution in [0.25, 0.3) is 0 Å². The summed E-state index contributed by atoms with van der Waals surface area (Å²) in [4.78, 5) is 2.52. The van der Waals surface area contributed by atoms with Gasteiger partial charge in [0.25, 0.3) is 0 Å². The summed E-state index contributed by atoms with van der Waals surface area (Å²) in [7, 11) is 1.96. The number of nitrogens with one attached hydrogen (secondary N) is 1. The highest BCUT2D eigenvalue weighted by Crippen LogP contribution is 2.30. The Labute approximate surface area is 122 Å². The molecule has 0 aromatic heterocycles. The highest BCUT2D eigenvalue weighted by Gasteiger charge is 2.24. The number of hydrogen-bond acceptors (Lipinski definition) is 2. The molecule has 1 saturated carbocycles. The van der Waals surface area contributed by atoms with Crippen LogP contribution < -0.4 is 5.32 Å². The van der Waals surface area contributed by atoms with E-state index in [4.69, 9.17) is 0 Å². The van der Waals surface area contributed by atoms with Crippen LogP contribution in [0.4, 0.5) is 4.39 Å². The Morgan fingerprint density at radius 3 is 2.70 bits per heavy atom. The van der Waals surface area contributed by atoms with Crippen molar-refractivity contribution in [2.75, 3.05) is 26.7 Å². The van der Waals surface area contributed by atoms with Gasteiger partial charge >= 0.3 is 0 Å². The molecule has 0 bridgehead atoms. The molecule has 1 aliphatic rings. The first-order chi connectivity index (χ1) is 9.63. The lowest BCUT2D eigenvalue weighted by molar-refractivity contribution is 0.261. The first kappa shape index (κ1) is 15.5. The molecule has 1 unspecified atom stereocenters. The maximum atomic E-state index is 13.7. The van der Waals surface area contributed by atoms with Gasteiger partial charge < -0.3 is 10.2 Å². The molecule has 1 fully saturated rings. The Morgan fingerprint density at radius 2 is 2.15 bits per heavy atom. The quantitative estimate of drug-likeness (QED) is 0.783. The maximum Gasteiger partial charge on any atom is 0.126 e. The van der Waals surface area contributed by atoms with Crippen molar-refractivity contribution in [3.63, 3.8) is 0 Å². The van der Waals surface area contributed by atoms with Crippen molar-refractivity contribution in [1.29, 1.82) is 0 Å². The molecule has 0 spiro atoms. The fourth-order valence-corrected chi connectivity index (χ4v) is 2.66. The Bertz CT molecular complexity index is 429. The van der Waals surface area contributed by atoms with Crippen LogP contribution in [0, 0.1) is 18.7 Å². The number of hydrogen-bond donors (Lipinski definition) is 1. The van der Waals surface area contributed by atoms with Crippen molar-refractivity contribution in [3.05, 3.63) is 35.1 Å². The minimum atomic E-state index is -0.104. The summed E-state index contributed by atoms with van der Waals surface area (Å²) in [5.41, 5.74) is 1.77. The van der Waals surface area contributed by atoms with Crippen LogP contribution in [0.2, 0.25) is 0 Å². The van der Waals surface area contributed by atoms with Crippen molar-refractivity contribution in [3.8, 4) is 0 Å². The summed E-state index contributed by atoms with van der Waals surface area (Å²) in [5.74, 6) is 0.827. The van der Waals surface area contributed by atoms with Gasteiger partial charge in [-0.2, -0.15) is 0 Å². The van der Waals surface area contributed by atoms with Gasteiger partial charge in [0.2, 0.25) is 0 Å². The lowest BCUT2D eigenvalue weighted by Crippen LogP contribution is -2.30. The third kappa shape index (κ3) is 4.29. The normalized spacial score (nSPS) is 16.6. The molecule has 0 saturated heterocycles. The van der Waals surface area contributed by atoms with E-state index < -0.39 is 0 Å². The third-order valence-electron chi connectivity index (χ3n) is 4.34. The van der Waals surface area contributed by atoms with Crippen molar-refractivity contribution in [1.82, 2.24) is 10.2 Å². The molecule has 1 aromatic rings. The topological polar surface area (TPSA) is 15.3 Å². The van der Waals surface area contributed by atoms with Crippen molar-refractivity contribution < 1.29 is 4.39 Å². The molecule has 0 aliphatic heterocycles. The van der Waals surface area contributed by atoms with E-state index in [0.29, 0.717) is 5.56 Å². The zero-order valence-corrected chi connectivity index (χ0v) is 13.0. The van der Waals surface area contributed by atoms with Gasteiger partial charge in [0.05, 0.1) is 0 Å². The SMILES string of the molecule is CCN(CCC(NC)c1ccc(C)c(F)c1)CC1CC1. The highest BCUT2D eigenvalue weighted by atomic mass is 19.1. The molecular weight excluding hydrogens is 251 g/mol. The van der Waals surface area contributed by atoms with Crippen LogP contribution in [-0.4, -0.2) is 31.6 Å². The van der Waals surface area contributed by atoms with Gasteiger partial charge in [0, 0.05) is 12.6 Å². The van der Waals surface area contributed by atoms with Crippen LogP contribution in [0.3, 0.4) is 0 Å². The number of nitrogens with zero attached hydrogens (tertiary/aromatic N) is 1. The molecule has 1 aliphatic carbocycles. The summed E-state index contributed by atoms with van der Waals surface area (Å²) in [6.07, 6.45) is 3.82. The van der Waals surface area contributed by atoms with Crippen molar-refractivity contribution >= 4 is 0 Å². The molecule has 2 nitrogen and oxygen atoms in total. The fraction of sp³-hybridized carbons (Fsp3) is 0.647. The first-order valence-corrected chi connectivity index (χ1v) is 7.79. The predicted octanol–water partition coefficient (Wildman–Crippen LogP) is 3.52. The lowest BCUT2D eigenvalue weighted by Gasteiger charge is -2.24. The van der Waals surface area contributed by atoms with E-state index in [0.717, 1.165) is 31.0 Å². The Balaban J connectivity index is 1.91. The van der Waals surface area contributed by atoms with Crippen LogP contribution in [0.15, 0.2) is 18.2 Å². The average Bonchev–Trinajstić information content (AvgIpc) is 3.25. The monoisotopic (exact) mass is 278 g/mol. The summed E-state index contributed by atoms with van der Waals surface area (Å²) < 4.78 is 13.7. The molecule has 20 heavy (non-hydrogen) atoms. The molecule has 112 valence electrons. The van der Waals surface area contributed by atoms with E-state index in [9.17, 15) is 4.39 Å². The summed E-state index contributed by atoms with van der Waals surface area (Å²) in [6, 6.07) is 5.82. The van der Waals surface area contributed by atoms with Gasteiger partial charge in [-0.25, -0.2) is 4.39 Å². The van der Waals surface area contributed by atoms with E-state index in [2.05, 4.69) is 17.1 Å². The van der Waals surface area contributed by atoms with Gasteiger partial charge in [-0.1, -0.05) is 19.1 Å².